The first-order valence-electron chi connectivity index (χ1n) is 11.6. The first-order chi connectivity index (χ1) is 16.7. The number of hydrogen-bond acceptors (Lipinski definition) is 8. The SMILES string of the molecule is CN=[S@@]1C[C@@](C)(c2cc(-c3cc(-c4cnc(OCC5CC5)cn4)no3)ccc2F)N=C(N)C1(C)C. The Morgan fingerprint density at radius 3 is 2.66 bits per heavy atom. The van der Waals surface area contributed by atoms with Crippen molar-refractivity contribution in [2.75, 3.05) is 19.4 Å². The largest absolute Gasteiger partial charge is 0.476 e. The molecule has 2 N–H and O–H groups in total. The van der Waals surface area contributed by atoms with E-state index in [1.165, 1.54) is 18.9 Å². The molecule has 2 aliphatic rings. The predicted molar refractivity (Wildman–Crippen MR) is 135 cm³/mol. The summed E-state index contributed by atoms with van der Waals surface area (Å²) < 4.78 is 30.5. The number of nitrogens with two attached hydrogens (primary N) is 1. The monoisotopic (exact) mass is 496 g/mol. The second kappa shape index (κ2) is 8.82. The summed E-state index contributed by atoms with van der Waals surface area (Å²) in [5, 5.41) is 4.14. The maximum absolute atomic E-state index is 15.1. The average Bonchev–Trinajstić information content (AvgIpc) is 3.55. The fourth-order valence-corrected chi connectivity index (χ4v) is 6.05. The van der Waals surface area contributed by atoms with Gasteiger partial charge >= 0.3 is 0 Å². The maximum Gasteiger partial charge on any atom is 0.232 e. The van der Waals surface area contributed by atoms with Gasteiger partial charge in [-0.1, -0.05) is 15.8 Å². The highest BCUT2D eigenvalue weighted by Gasteiger charge is 2.42. The summed E-state index contributed by atoms with van der Waals surface area (Å²) in [5.74, 6) is 2.34. The quantitative estimate of drug-likeness (QED) is 0.537. The number of halogens is 1. The molecule has 0 unspecified atom stereocenters. The zero-order valence-corrected chi connectivity index (χ0v) is 21.1. The fraction of sp³-hybridized carbons (Fsp3) is 0.440. The minimum atomic E-state index is -0.840. The maximum atomic E-state index is 15.1. The van der Waals surface area contributed by atoms with E-state index in [-0.39, 0.29) is 10.6 Å². The minimum absolute atomic E-state index is 0.348. The van der Waals surface area contributed by atoms with Crippen LogP contribution in [-0.4, -0.2) is 45.1 Å². The third-order valence-corrected chi connectivity index (χ3v) is 9.27. The van der Waals surface area contributed by atoms with Crippen LogP contribution in [0, 0.1) is 11.7 Å². The second-order valence-corrected chi connectivity index (χ2v) is 12.1. The van der Waals surface area contributed by atoms with Gasteiger partial charge in [-0.25, -0.2) is 14.4 Å². The van der Waals surface area contributed by atoms with E-state index >= 15 is 4.39 Å². The zero-order valence-electron chi connectivity index (χ0n) is 20.3. The summed E-state index contributed by atoms with van der Waals surface area (Å²) >= 11 is 0. The van der Waals surface area contributed by atoms with E-state index in [0.29, 0.717) is 58.3 Å². The van der Waals surface area contributed by atoms with Gasteiger partial charge in [0.1, 0.15) is 23.0 Å². The fourth-order valence-electron chi connectivity index (χ4n) is 4.06. The lowest BCUT2D eigenvalue weighted by molar-refractivity contribution is 0.287. The predicted octanol–water partition coefficient (Wildman–Crippen LogP) is 4.52. The van der Waals surface area contributed by atoms with Crippen LogP contribution in [0.5, 0.6) is 5.88 Å². The van der Waals surface area contributed by atoms with Crippen LogP contribution >= 0.6 is 0 Å². The lowest BCUT2D eigenvalue weighted by Crippen LogP contribution is -2.51. The summed E-state index contributed by atoms with van der Waals surface area (Å²) in [6, 6.07) is 6.61. The Balaban J connectivity index is 1.42. The summed E-state index contributed by atoms with van der Waals surface area (Å²) in [4.78, 5) is 13.5. The Bertz CT molecular complexity index is 1320. The summed E-state index contributed by atoms with van der Waals surface area (Å²) in [7, 11) is 1.38. The van der Waals surface area contributed by atoms with E-state index < -0.39 is 16.2 Å². The molecule has 0 amide bonds. The van der Waals surface area contributed by atoms with Gasteiger partial charge in [-0.2, -0.15) is 0 Å². The van der Waals surface area contributed by atoms with Gasteiger partial charge < -0.3 is 15.0 Å². The van der Waals surface area contributed by atoms with Gasteiger partial charge in [0, 0.05) is 30.0 Å². The molecule has 2 atom stereocenters. The number of hydrogen-bond donors (Lipinski definition) is 1. The number of aliphatic imine (C=N–C) groups is 1. The van der Waals surface area contributed by atoms with Crippen LogP contribution in [0.15, 0.2) is 50.5 Å². The third-order valence-electron chi connectivity index (χ3n) is 6.61. The van der Waals surface area contributed by atoms with Gasteiger partial charge in [-0.05, 0) is 57.7 Å². The molecule has 0 spiro atoms. The van der Waals surface area contributed by atoms with E-state index in [1.807, 2.05) is 20.8 Å². The van der Waals surface area contributed by atoms with Crippen molar-refractivity contribution in [3.63, 3.8) is 0 Å². The van der Waals surface area contributed by atoms with Crippen molar-refractivity contribution in [2.45, 2.75) is 43.9 Å². The van der Waals surface area contributed by atoms with Crippen molar-refractivity contribution < 1.29 is 13.7 Å². The third kappa shape index (κ3) is 4.59. The van der Waals surface area contributed by atoms with Gasteiger partial charge in [0.25, 0.3) is 0 Å². The molecule has 3 aromatic rings. The number of nitrogens with zero attached hydrogens (tertiary/aromatic N) is 5. The van der Waals surface area contributed by atoms with Crippen molar-refractivity contribution in [1.29, 1.82) is 0 Å². The number of ether oxygens (including phenoxy) is 1. The van der Waals surface area contributed by atoms with Crippen molar-refractivity contribution in [1.82, 2.24) is 15.1 Å². The Morgan fingerprint density at radius 2 is 1.97 bits per heavy atom. The van der Waals surface area contributed by atoms with Crippen LogP contribution in [0.4, 0.5) is 4.39 Å². The molecule has 35 heavy (non-hydrogen) atoms. The Hall–Kier alpha value is -3.14. The highest BCUT2D eigenvalue weighted by atomic mass is 32.2. The second-order valence-electron chi connectivity index (χ2n) is 9.74. The van der Waals surface area contributed by atoms with E-state index in [4.69, 9.17) is 20.0 Å². The molecule has 1 aromatic carbocycles. The normalized spacial score (nSPS) is 23.8. The van der Waals surface area contributed by atoms with E-state index in [2.05, 4.69) is 19.5 Å². The summed E-state index contributed by atoms with van der Waals surface area (Å²) in [6.07, 6.45) is 5.62. The van der Waals surface area contributed by atoms with Gasteiger partial charge in [-0.15, -0.1) is 0 Å². The molecular weight excluding hydrogens is 467 g/mol. The lowest BCUT2D eigenvalue weighted by Gasteiger charge is -2.40. The molecule has 1 aliphatic heterocycles. The number of amidine groups is 1. The first-order valence-corrected chi connectivity index (χ1v) is 12.9. The topological polar surface area (TPSA) is 112 Å². The molecule has 1 aliphatic carbocycles. The molecule has 0 saturated heterocycles. The van der Waals surface area contributed by atoms with Gasteiger partial charge in [-0.3, -0.25) is 9.36 Å². The van der Waals surface area contributed by atoms with Crippen molar-refractivity contribution in [3.05, 3.63) is 48.0 Å². The zero-order chi connectivity index (χ0) is 24.8. The van der Waals surface area contributed by atoms with Crippen molar-refractivity contribution in [3.8, 4) is 28.6 Å². The van der Waals surface area contributed by atoms with Crippen LogP contribution in [0.25, 0.3) is 22.7 Å². The smallest absolute Gasteiger partial charge is 0.232 e. The molecule has 1 saturated carbocycles. The Kier molecular flexibility index (Phi) is 5.94. The molecule has 0 bridgehead atoms. The minimum Gasteiger partial charge on any atom is -0.476 e. The molecule has 0 radical (unpaired) electrons. The van der Waals surface area contributed by atoms with Crippen LogP contribution in [0.1, 0.15) is 39.2 Å². The lowest BCUT2D eigenvalue weighted by atomic mass is 9.91. The van der Waals surface area contributed by atoms with Gasteiger partial charge in [0.05, 0.1) is 29.3 Å². The van der Waals surface area contributed by atoms with Crippen LogP contribution in [-0.2, 0) is 16.2 Å². The van der Waals surface area contributed by atoms with Gasteiger partial charge in [0.15, 0.2) is 5.76 Å². The van der Waals surface area contributed by atoms with Crippen molar-refractivity contribution in [2.24, 2.45) is 21.0 Å². The standard InChI is InChI=1S/C25H29FN6O2S/c1-24(2)23(27)31-25(3,14-35(24)28-4)17-9-16(7-8-18(17)26)21-10-19(32-34-21)20-11-30-22(12-29-20)33-13-15-5-6-15/h7-12,15H,5-6,13-14H2,1-4H3,(H2,27,31)/t25-,35+/m0/s1. The summed E-state index contributed by atoms with van der Waals surface area (Å²) in [5.41, 5.74) is 7.72. The van der Waals surface area contributed by atoms with Crippen molar-refractivity contribution >= 4 is 16.5 Å². The molecule has 184 valence electrons. The molecule has 5 rings (SSSR count). The molecule has 3 heterocycles. The highest BCUT2D eigenvalue weighted by molar-refractivity contribution is 7.89. The Morgan fingerprint density at radius 1 is 1.17 bits per heavy atom. The van der Waals surface area contributed by atoms with Crippen LogP contribution < -0.4 is 10.5 Å². The van der Waals surface area contributed by atoms with Crippen LogP contribution in [0.3, 0.4) is 0 Å². The average molecular weight is 497 g/mol. The van der Waals surface area contributed by atoms with Crippen LogP contribution in [0.2, 0.25) is 0 Å². The molecule has 10 heteroatoms. The van der Waals surface area contributed by atoms with E-state index in [1.54, 1.807) is 37.6 Å². The highest BCUT2D eigenvalue weighted by Crippen LogP contribution is 2.38. The summed E-state index contributed by atoms with van der Waals surface area (Å²) in [6.45, 7) is 6.63. The number of aromatic nitrogens is 3. The molecule has 2 aromatic heterocycles. The number of rotatable bonds is 6. The molecular formula is C25H29FN6O2S. The number of benzene rings is 1. The van der Waals surface area contributed by atoms with Gasteiger partial charge in [0.2, 0.25) is 5.88 Å². The van der Waals surface area contributed by atoms with E-state index in [9.17, 15) is 0 Å². The molecule has 1 fully saturated rings. The van der Waals surface area contributed by atoms with E-state index in [0.717, 1.165) is 0 Å². The molecule has 8 nitrogen and oxygen atoms in total. The Labute approximate surface area is 206 Å². The first kappa shape index (κ1) is 23.6.